The van der Waals surface area contributed by atoms with Crippen LogP contribution < -0.4 is 5.32 Å². The van der Waals surface area contributed by atoms with Crippen molar-refractivity contribution < 1.29 is 24.6 Å². The van der Waals surface area contributed by atoms with E-state index < -0.39 is 23.9 Å². The zero-order valence-electron chi connectivity index (χ0n) is 12.8. The molecule has 0 aliphatic heterocycles. The molecule has 0 aliphatic rings. The van der Waals surface area contributed by atoms with Gasteiger partial charge in [-0.25, -0.2) is 4.79 Å². The molecule has 0 fully saturated rings. The SMILES string of the molecule is O=C(O)CC[C@H](NC(=O)c1ccc(-c2ccccc2)cc1)C(=O)O. The molecule has 0 saturated heterocycles. The first-order valence-electron chi connectivity index (χ1n) is 7.38. The second kappa shape index (κ2) is 7.92. The summed E-state index contributed by atoms with van der Waals surface area (Å²) in [7, 11) is 0. The maximum atomic E-state index is 12.1. The molecule has 2 aromatic carbocycles. The predicted octanol–water partition coefficient (Wildman–Crippen LogP) is 2.40. The quantitative estimate of drug-likeness (QED) is 0.724. The lowest BCUT2D eigenvalue weighted by molar-refractivity contribution is -0.140. The molecule has 0 aromatic heterocycles. The summed E-state index contributed by atoms with van der Waals surface area (Å²) in [5, 5.41) is 20.0. The van der Waals surface area contributed by atoms with Gasteiger partial charge in [-0.15, -0.1) is 0 Å². The van der Waals surface area contributed by atoms with E-state index in [-0.39, 0.29) is 12.8 Å². The molecule has 1 amide bonds. The third kappa shape index (κ3) is 4.67. The Morgan fingerprint density at radius 1 is 0.875 bits per heavy atom. The third-order valence-electron chi connectivity index (χ3n) is 3.50. The van der Waals surface area contributed by atoms with E-state index in [1.54, 1.807) is 24.3 Å². The molecule has 0 aliphatic carbocycles. The minimum atomic E-state index is -1.26. The van der Waals surface area contributed by atoms with Gasteiger partial charge in [0.15, 0.2) is 0 Å². The number of benzene rings is 2. The van der Waals surface area contributed by atoms with Crippen LogP contribution in [0, 0.1) is 0 Å². The van der Waals surface area contributed by atoms with Crippen molar-refractivity contribution in [3.05, 3.63) is 60.2 Å². The molecule has 0 unspecified atom stereocenters. The Labute approximate surface area is 138 Å². The maximum absolute atomic E-state index is 12.1. The summed E-state index contributed by atoms with van der Waals surface area (Å²) >= 11 is 0. The van der Waals surface area contributed by atoms with Crippen LogP contribution in [0.4, 0.5) is 0 Å². The van der Waals surface area contributed by atoms with Crippen molar-refractivity contribution in [3.63, 3.8) is 0 Å². The van der Waals surface area contributed by atoms with Crippen LogP contribution in [0.2, 0.25) is 0 Å². The van der Waals surface area contributed by atoms with Crippen LogP contribution in [0.15, 0.2) is 54.6 Å². The maximum Gasteiger partial charge on any atom is 0.326 e. The Hall–Kier alpha value is -3.15. The topological polar surface area (TPSA) is 104 Å². The van der Waals surface area contributed by atoms with Gasteiger partial charge in [-0.1, -0.05) is 42.5 Å². The van der Waals surface area contributed by atoms with Crippen LogP contribution in [-0.2, 0) is 9.59 Å². The van der Waals surface area contributed by atoms with E-state index in [1.807, 2.05) is 30.3 Å². The van der Waals surface area contributed by atoms with Gasteiger partial charge in [-0.2, -0.15) is 0 Å². The van der Waals surface area contributed by atoms with E-state index in [4.69, 9.17) is 10.2 Å². The molecule has 24 heavy (non-hydrogen) atoms. The molecule has 2 rings (SSSR count). The van der Waals surface area contributed by atoms with Crippen molar-refractivity contribution in [2.45, 2.75) is 18.9 Å². The van der Waals surface area contributed by atoms with Crippen molar-refractivity contribution in [3.8, 4) is 11.1 Å². The second-order valence-corrected chi connectivity index (χ2v) is 5.24. The van der Waals surface area contributed by atoms with E-state index in [0.717, 1.165) is 11.1 Å². The molecule has 3 N–H and O–H groups in total. The largest absolute Gasteiger partial charge is 0.481 e. The first-order valence-corrected chi connectivity index (χ1v) is 7.38. The van der Waals surface area contributed by atoms with Crippen LogP contribution in [0.5, 0.6) is 0 Å². The molecule has 0 bridgehead atoms. The fourth-order valence-electron chi connectivity index (χ4n) is 2.21. The van der Waals surface area contributed by atoms with Gasteiger partial charge in [0.05, 0.1) is 0 Å². The Morgan fingerprint density at radius 2 is 1.46 bits per heavy atom. The summed E-state index contributed by atoms with van der Waals surface area (Å²) in [5.74, 6) is -2.92. The van der Waals surface area contributed by atoms with Crippen molar-refractivity contribution in [1.82, 2.24) is 5.32 Å². The number of carboxylic acid groups (broad SMARTS) is 2. The van der Waals surface area contributed by atoms with Crippen molar-refractivity contribution in [1.29, 1.82) is 0 Å². The highest BCUT2D eigenvalue weighted by atomic mass is 16.4. The van der Waals surface area contributed by atoms with Gasteiger partial charge in [0.1, 0.15) is 6.04 Å². The number of carbonyl (C=O) groups excluding carboxylic acids is 1. The summed E-state index contributed by atoms with van der Waals surface area (Å²) in [4.78, 5) is 33.8. The lowest BCUT2D eigenvalue weighted by Crippen LogP contribution is -2.41. The summed E-state index contributed by atoms with van der Waals surface area (Å²) < 4.78 is 0. The van der Waals surface area contributed by atoms with Gasteiger partial charge in [0, 0.05) is 12.0 Å². The summed E-state index contributed by atoms with van der Waals surface area (Å²) in [6.07, 6.45) is -0.497. The number of amides is 1. The van der Waals surface area contributed by atoms with E-state index in [1.165, 1.54) is 0 Å². The number of aliphatic carboxylic acids is 2. The molecule has 0 saturated carbocycles. The molecule has 6 heteroatoms. The number of hydrogen-bond acceptors (Lipinski definition) is 3. The smallest absolute Gasteiger partial charge is 0.326 e. The average molecular weight is 327 g/mol. The van der Waals surface area contributed by atoms with Crippen LogP contribution in [0.3, 0.4) is 0 Å². The fourth-order valence-corrected chi connectivity index (χ4v) is 2.21. The molecule has 6 nitrogen and oxygen atoms in total. The van der Waals surface area contributed by atoms with Gasteiger partial charge < -0.3 is 15.5 Å². The molecule has 124 valence electrons. The van der Waals surface area contributed by atoms with Gasteiger partial charge >= 0.3 is 11.9 Å². The number of rotatable bonds is 7. The molecule has 0 radical (unpaired) electrons. The van der Waals surface area contributed by atoms with Crippen molar-refractivity contribution >= 4 is 17.8 Å². The molecular weight excluding hydrogens is 310 g/mol. The van der Waals surface area contributed by atoms with Crippen LogP contribution in [-0.4, -0.2) is 34.1 Å². The number of carbonyl (C=O) groups is 3. The fraction of sp³-hybridized carbons (Fsp3) is 0.167. The number of nitrogens with one attached hydrogen (secondary N) is 1. The van der Waals surface area contributed by atoms with E-state index in [2.05, 4.69) is 5.32 Å². The molecular formula is C18H17NO5. The zero-order valence-corrected chi connectivity index (χ0v) is 12.8. The monoisotopic (exact) mass is 327 g/mol. The summed E-state index contributed by atoms with van der Waals surface area (Å²) in [5.41, 5.74) is 2.26. The van der Waals surface area contributed by atoms with E-state index in [9.17, 15) is 14.4 Å². The van der Waals surface area contributed by atoms with Crippen LogP contribution in [0.1, 0.15) is 23.2 Å². The minimum Gasteiger partial charge on any atom is -0.481 e. The van der Waals surface area contributed by atoms with Crippen molar-refractivity contribution in [2.75, 3.05) is 0 Å². The lowest BCUT2D eigenvalue weighted by Gasteiger charge is -2.13. The Bertz CT molecular complexity index is 725. The highest BCUT2D eigenvalue weighted by molar-refractivity contribution is 5.97. The first kappa shape index (κ1) is 17.2. The normalized spacial score (nSPS) is 11.5. The number of carboxylic acids is 2. The molecule has 0 heterocycles. The standard InChI is InChI=1S/C18H17NO5/c20-16(21)11-10-15(18(23)24)19-17(22)14-8-6-13(7-9-14)12-4-2-1-3-5-12/h1-9,15H,10-11H2,(H,19,22)(H,20,21)(H,23,24)/t15-/m0/s1. The van der Waals surface area contributed by atoms with Gasteiger partial charge in [0.25, 0.3) is 5.91 Å². The second-order valence-electron chi connectivity index (χ2n) is 5.24. The van der Waals surface area contributed by atoms with E-state index >= 15 is 0 Å². The van der Waals surface area contributed by atoms with Crippen LogP contribution >= 0.6 is 0 Å². The highest BCUT2D eigenvalue weighted by Crippen LogP contribution is 2.19. The average Bonchev–Trinajstić information content (AvgIpc) is 2.59. The zero-order chi connectivity index (χ0) is 17.5. The summed E-state index contributed by atoms with van der Waals surface area (Å²) in [6, 6.07) is 15.2. The van der Waals surface area contributed by atoms with Gasteiger partial charge in [-0.3, -0.25) is 9.59 Å². The molecule has 0 spiro atoms. The Balaban J connectivity index is 2.06. The molecule has 1 atom stereocenters. The van der Waals surface area contributed by atoms with Crippen LogP contribution in [0.25, 0.3) is 11.1 Å². The van der Waals surface area contributed by atoms with Gasteiger partial charge in [0.2, 0.25) is 0 Å². The predicted molar refractivity (Wildman–Crippen MR) is 87.6 cm³/mol. The Kier molecular flexibility index (Phi) is 5.68. The summed E-state index contributed by atoms with van der Waals surface area (Å²) in [6.45, 7) is 0. The van der Waals surface area contributed by atoms with Crippen molar-refractivity contribution in [2.24, 2.45) is 0 Å². The van der Waals surface area contributed by atoms with E-state index in [0.29, 0.717) is 5.56 Å². The van der Waals surface area contributed by atoms with Gasteiger partial charge in [-0.05, 0) is 29.7 Å². The Morgan fingerprint density at radius 3 is 2.00 bits per heavy atom. The lowest BCUT2D eigenvalue weighted by atomic mass is 10.0. The minimum absolute atomic E-state index is 0.168. The first-order chi connectivity index (χ1) is 11.5. The third-order valence-corrected chi connectivity index (χ3v) is 3.50. The molecule has 2 aromatic rings. The highest BCUT2D eigenvalue weighted by Gasteiger charge is 2.21. The number of hydrogen-bond donors (Lipinski definition) is 3.